The maximum atomic E-state index is 12.7. The van der Waals surface area contributed by atoms with Crippen LogP contribution in [0.1, 0.15) is 75.2 Å². The van der Waals surface area contributed by atoms with Crippen LogP contribution in [0.4, 0.5) is 29.0 Å². The number of nitrogens with zero attached hydrogens (tertiary/aromatic N) is 8. The number of esters is 2. The maximum absolute atomic E-state index is 12.7. The predicted octanol–water partition coefficient (Wildman–Crippen LogP) is 1.69. The van der Waals surface area contributed by atoms with Crippen molar-refractivity contribution in [2.45, 2.75) is 74.7 Å². The summed E-state index contributed by atoms with van der Waals surface area (Å²) in [6.07, 6.45) is 9.99. The van der Waals surface area contributed by atoms with Gasteiger partial charge in [-0.2, -0.15) is 0 Å². The van der Waals surface area contributed by atoms with E-state index in [-0.39, 0.29) is 101 Å². The molecule has 115 heavy (non-hydrogen) atoms. The van der Waals surface area contributed by atoms with Crippen molar-refractivity contribution >= 4 is 141 Å². The van der Waals surface area contributed by atoms with Crippen LogP contribution in [-0.2, 0) is 84.6 Å². The molecule has 0 radical (unpaired) electrons. The van der Waals surface area contributed by atoms with Gasteiger partial charge in [0.2, 0.25) is 20.0 Å². The molecule has 0 atom stereocenters. The molecule has 0 amide bonds. The van der Waals surface area contributed by atoms with Crippen LogP contribution < -0.4 is 63.3 Å². The Balaban J connectivity index is 0.000000298. The Morgan fingerprint density at radius 2 is 0.704 bits per heavy atom. The van der Waals surface area contributed by atoms with E-state index in [0.717, 1.165) is 24.2 Å². The number of Topliss-reactive ketones (excluding diaryl/α,β-unsaturated/α-hetero) is 1. The van der Waals surface area contributed by atoms with Gasteiger partial charge in [-0.25, -0.2) is 115 Å². The minimum absolute atomic E-state index is 0. The molecule has 606 valence electrons. The van der Waals surface area contributed by atoms with E-state index in [9.17, 15) is 69.7 Å². The van der Waals surface area contributed by atoms with Gasteiger partial charge in [-0.1, -0.05) is 60.7 Å². The van der Waals surface area contributed by atoms with Crippen molar-refractivity contribution in [3.63, 3.8) is 0 Å². The molecule has 1 aliphatic rings. The summed E-state index contributed by atoms with van der Waals surface area (Å²) in [7, 11) is -18.4. The molecule has 4 aromatic heterocycles. The van der Waals surface area contributed by atoms with Crippen molar-refractivity contribution < 1.29 is 118 Å². The van der Waals surface area contributed by atoms with E-state index in [1.54, 1.807) is 48.5 Å². The number of carbonyl (C=O) groups is 4. The van der Waals surface area contributed by atoms with Crippen LogP contribution in [0.3, 0.4) is 0 Å². The average molecular weight is 1760 g/mol. The first kappa shape index (κ1) is 96.7. The molecule has 1 aliphatic heterocycles. The van der Waals surface area contributed by atoms with Crippen molar-refractivity contribution in [1.29, 1.82) is 0 Å². The number of hydrogen-bond donors (Lipinski definition) is 8. The molecule has 46 heteroatoms. The van der Waals surface area contributed by atoms with E-state index in [1.807, 2.05) is 27.7 Å². The van der Waals surface area contributed by atoms with Crippen LogP contribution in [0, 0.1) is 0 Å². The molecule has 11 rings (SSSR count). The van der Waals surface area contributed by atoms with Gasteiger partial charge in [0.1, 0.15) is 10.3 Å². The molecule has 5 heterocycles. The Bertz CT molecular complexity index is 5910. The third kappa shape index (κ3) is 27.5. The Morgan fingerprint density at radius 1 is 0.426 bits per heavy atom. The number of primary sulfonamides is 2. The zero-order valence-corrected chi connectivity index (χ0v) is 69.4. The molecule has 0 spiro atoms. The first-order valence-corrected chi connectivity index (χ1v) is 43.4. The minimum Gasteiger partial charge on any atom is -0.870 e. The van der Waals surface area contributed by atoms with Gasteiger partial charge in [0, 0.05) is 53.8 Å². The van der Waals surface area contributed by atoms with E-state index in [0.29, 0.717) is 54.5 Å². The monoisotopic (exact) mass is 1760 g/mol. The summed E-state index contributed by atoms with van der Waals surface area (Å²) in [4.78, 5) is 78.4. The standard InChI is InChI=1S/C19H18N4O5S2.C13H19BO4S.C13H13N3O4S.C12H11N3O4S.C6H6BrN3O2.C6H8N2O2S.Li.H2O/c1-29(25,26)14-8-4-13(5-9-14)16-11-22-19(20)18(23-16)17(24)10-12-2-6-15(7-3-12)30(21,27)28;1-12(2)13(3,4)18-14(17-12)10-6-8-11(9-7-10)19(5,15)16;1-20-13(17)11-12(14)15-7-10(16-11)8-3-5-9(6-4-8)21(2,18)19;1-20(18,19)8-4-2-7(3-5-8)9-6-14-11(13)10(15-9)12(16)17;1-12-6(11)4-5(8)9-2-3(7)10-4;7-5-1-3-6(4-2-5)11(8,9)10;;/h2-9,11H,10H2,1H3,(H2,20,22)(H2,21,27,28);6-9H,1-5H3;3-7H,1-2H3,(H2,14,15);2-6H,1H3,(H2,13,14)(H,16,17);2H,1H3,(H2,8,9);1-4H,7H2,(H2,8,9,10);;1H2/q;;;;;;+1;/p-1. The zero-order valence-electron chi connectivity index (χ0n) is 63.0. The van der Waals surface area contributed by atoms with Gasteiger partial charge in [-0.05, 0) is 140 Å². The summed E-state index contributed by atoms with van der Waals surface area (Å²) < 4.78 is 157. The Morgan fingerprint density at radius 3 is 1.03 bits per heavy atom. The van der Waals surface area contributed by atoms with Crippen molar-refractivity contribution in [3.8, 4) is 33.8 Å². The number of ketones is 1. The summed E-state index contributed by atoms with van der Waals surface area (Å²) in [5.41, 5.74) is 31.0. The van der Waals surface area contributed by atoms with Gasteiger partial charge in [0.15, 0.2) is 85.5 Å². The van der Waals surface area contributed by atoms with Crippen LogP contribution in [0.5, 0.6) is 0 Å². The quantitative estimate of drug-likeness (QED) is 0.0295. The number of benzene rings is 6. The minimum atomic E-state index is -3.82. The molecule has 0 aliphatic carbocycles. The maximum Gasteiger partial charge on any atom is 1.00 e. The number of carboxylic acids is 1. The Labute approximate surface area is 683 Å². The number of rotatable bonds is 16. The first-order chi connectivity index (χ1) is 52.2. The third-order valence-corrected chi connectivity index (χ3v) is 22.5. The van der Waals surface area contributed by atoms with Crippen molar-refractivity contribution in [2.75, 3.05) is 67.9 Å². The second-order valence-electron chi connectivity index (χ2n) is 24.9. The number of sulfonamides is 2. The number of nitrogens with two attached hydrogens (primary N) is 7. The molecular formula is C69H76BBrLiN15O22S6. The normalized spacial score (nSPS) is 12.8. The number of aromatic nitrogens is 8. The number of ether oxygens (including phenoxy) is 2. The number of hydrogen-bond acceptors (Lipinski definition) is 34. The molecule has 0 bridgehead atoms. The van der Waals surface area contributed by atoms with Gasteiger partial charge >= 0.3 is 43.9 Å². The van der Waals surface area contributed by atoms with Crippen molar-refractivity contribution in [3.05, 3.63) is 203 Å². The summed E-state index contributed by atoms with van der Waals surface area (Å²) >= 11 is 3.06. The average Bonchev–Trinajstić information content (AvgIpc) is 1.63. The molecular weight excluding hydrogens is 1680 g/mol. The van der Waals surface area contributed by atoms with Gasteiger partial charge < -0.3 is 58.0 Å². The fourth-order valence-corrected chi connectivity index (χ4v) is 12.9. The second kappa shape index (κ2) is 39.6. The number of anilines is 5. The fourth-order valence-electron chi connectivity index (χ4n) is 9.04. The van der Waals surface area contributed by atoms with Gasteiger partial charge in [-0.15, -0.1) is 0 Å². The summed E-state index contributed by atoms with van der Waals surface area (Å²) in [5, 5.41) is 18.8. The molecule has 6 aromatic carbocycles. The molecule has 16 N–H and O–H groups in total. The van der Waals surface area contributed by atoms with E-state index in [4.69, 9.17) is 53.4 Å². The summed E-state index contributed by atoms with van der Waals surface area (Å²) in [6, 6.07) is 35.9. The molecule has 1 saturated heterocycles. The third-order valence-electron chi connectivity index (χ3n) is 15.8. The summed E-state index contributed by atoms with van der Waals surface area (Å²) in [5.74, 6) is -3.14. The van der Waals surface area contributed by atoms with Gasteiger partial charge in [0.25, 0.3) is 0 Å². The fraction of sp³-hybridized carbons (Fsp3) is 0.188. The number of methoxy groups -OCH3 is 2. The van der Waals surface area contributed by atoms with Gasteiger partial charge in [-0.3, -0.25) is 4.79 Å². The van der Waals surface area contributed by atoms with E-state index in [2.05, 4.69) is 65.3 Å². The largest absolute Gasteiger partial charge is 1.00 e. The number of nitrogen functional groups attached to an aromatic ring is 5. The SMILES string of the molecule is CC1(C)OB(c2ccc(S(C)(=O)=O)cc2)OC1(C)C.COC(=O)c1nc(-c2ccc(S(C)(=O)=O)cc2)cnc1N.COC(=O)c1nc(Br)cnc1N.CS(=O)(=O)c1ccc(-c2cnc(N)c(C(=O)Cc3ccc(S(N)(=O)=O)cc3)n2)cc1.CS(=O)(=O)c1ccc(-c2cnc(N)c(C(=O)O)n2)cc1.Nc1ccc(S(N)(=O)=O)cc1.[Li+].[OH-]. The zero-order chi connectivity index (χ0) is 84.7. The number of carbonyl (C=O) groups excluding carboxylic acids is 3. The molecule has 0 saturated carbocycles. The second-order valence-corrected chi connectivity index (χ2v) is 36.9. The number of carboxylic acid groups (broad SMARTS) is 1. The first-order valence-electron chi connectivity index (χ1n) is 31.9. The predicted molar refractivity (Wildman–Crippen MR) is 424 cm³/mol. The van der Waals surface area contributed by atoms with Crippen molar-refractivity contribution in [1.82, 2.24) is 39.9 Å². The van der Waals surface area contributed by atoms with E-state index < -0.39 is 101 Å². The topological polar surface area (TPSA) is 646 Å². The smallest absolute Gasteiger partial charge is 0.870 e. The van der Waals surface area contributed by atoms with Crippen LogP contribution in [-0.4, -0.2) is 182 Å². The molecule has 1 fully saturated rings. The molecule has 0 unspecified atom stereocenters. The Kier molecular flexibility index (Phi) is 33.3. The molecule has 37 nitrogen and oxygen atoms in total. The number of halogens is 1. The molecule has 10 aromatic rings. The Hall–Kier alpha value is -10.6. The van der Waals surface area contributed by atoms with E-state index >= 15 is 0 Å². The number of aromatic carboxylic acids is 1. The van der Waals surface area contributed by atoms with Crippen LogP contribution in [0.25, 0.3) is 33.8 Å². The van der Waals surface area contributed by atoms with Crippen molar-refractivity contribution in [2.24, 2.45) is 10.3 Å². The van der Waals surface area contributed by atoms with Crippen LogP contribution in [0.15, 0.2) is 204 Å². The van der Waals surface area contributed by atoms with Gasteiger partial charge in [0.05, 0.1) is 96.7 Å². The summed E-state index contributed by atoms with van der Waals surface area (Å²) in [6.45, 7) is 7.94. The van der Waals surface area contributed by atoms with Crippen LogP contribution in [0.2, 0.25) is 0 Å². The van der Waals surface area contributed by atoms with E-state index in [1.165, 1.54) is 142 Å². The number of sulfone groups is 4. The van der Waals surface area contributed by atoms with Crippen LogP contribution >= 0.6 is 15.9 Å².